The summed E-state index contributed by atoms with van der Waals surface area (Å²) < 4.78 is 5.56. The Balaban J connectivity index is 1.38. The molecule has 0 aliphatic heterocycles. The molecule has 8 heteroatoms. The second kappa shape index (κ2) is 18.0. The second-order valence-electron chi connectivity index (χ2n) is 11.0. The second-order valence-corrected chi connectivity index (χ2v) is 12.2. The number of esters is 1. The topological polar surface area (TPSA) is 113 Å². The van der Waals surface area contributed by atoms with Crippen LogP contribution in [-0.4, -0.2) is 51.6 Å². The Bertz CT molecular complexity index is 1080. The molecule has 3 N–H and O–H groups in total. The zero-order valence-electron chi connectivity index (χ0n) is 24.1. The summed E-state index contributed by atoms with van der Waals surface area (Å²) in [6.07, 6.45) is 9.12. The molecule has 3 rings (SSSR count). The van der Waals surface area contributed by atoms with Crippen molar-refractivity contribution in [2.45, 2.75) is 95.0 Å². The number of unbranched alkanes of at least 4 members (excludes halogenated alkanes) is 5. The van der Waals surface area contributed by atoms with Gasteiger partial charge in [0.05, 0.1) is 17.9 Å². The van der Waals surface area contributed by atoms with Crippen LogP contribution in [0.25, 0.3) is 0 Å². The number of hydrogen-bond donors (Lipinski definition) is 3. The SMILES string of the molecule is CCCCCC(O)CS[C@H]1[C@H](O)CC(C=O)[C@@H]1CCCCCCC(=O)Oc1ccccc1NC(=O)c1ccccc1. The van der Waals surface area contributed by atoms with Crippen molar-refractivity contribution in [3.8, 4) is 5.75 Å². The van der Waals surface area contributed by atoms with Crippen LogP contribution in [-0.2, 0) is 9.59 Å². The van der Waals surface area contributed by atoms with Crippen LogP contribution >= 0.6 is 11.8 Å². The standard InChI is InChI=1S/C33H45NO6S/c1-2-3-7-16-26(36)23-41-32-27(25(22-35)21-29(32)37)17-10-4-5-11-20-31(38)40-30-19-13-12-18-28(30)34-33(39)24-14-8-6-9-15-24/h6,8-9,12-15,18-19,22,25-27,29,32,36-37H,2-5,7,10-11,16-17,20-21,23H2,1H3,(H,34,39)/t25?,26?,27-,29+,32+/m0/s1. The summed E-state index contributed by atoms with van der Waals surface area (Å²) in [6, 6.07) is 15.8. The average molecular weight is 584 g/mol. The zero-order chi connectivity index (χ0) is 29.5. The first-order chi connectivity index (χ1) is 19.9. The maximum absolute atomic E-state index is 12.5. The highest BCUT2D eigenvalue weighted by atomic mass is 32.2. The Morgan fingerprint density at radius 3 is 2.51 bits per heavy atom. The molecule has 1 aliphatic rings. The number of anilines is 1. The molecular weight excluding hydrogens is 538 g/mol. The van der Waals surface area contributed by atoms with Gasteiger partial charge in [-0.15, -0.1) is 0 Å². The number of carbonyl (C=O) groups is 3. The van der Waals surface area contributed by atoms with Gasteiger partial charge < -0.3 is 25.1 Å². The summed E-state index contributed by atoms with van der Waals surface area (Å²) in [6.45, 7) is 2.14. The van der Waals surface area contributed by atoms with Gasteiger partial charge in [0, 0.05) is 28.9 Å². The molecule has 0 radical (unpaired) electrons. The number of carbonyl (C=O) groups excluding carboxylic acids is 3. The molecule has 5 atom stereocenters. The molecular formula is C33H45NO6S. The van der Waals surface area contributed by atoms with Crippen molar-refractivity contribution in [1.29, 1.82) is 0 Å². The van der Waals surface area contributed by atoms with Crippen LogP contribution in [0.15, 0.2) is 54.6 Å². The Hall–Kier alpha value is -2.68. The maximum atomic E-state index is 12.5. The lowest BCUT2D eigenvalue weighted by molar-refractivity contribution is -0.134. The Labute approximate surface area is 248 Å². The summed E-state index contributed by atoms with van der Waals surface area (Å²) in [5, 5.41) is 23.7. The molecule has 2 unspecified atom stereocenters. The number of ether oxygens (including phenoxy) is 1. The highest BCUT2D eigenvalue weighted by Gasteiger charge is 2.42. The lowest BCUT2D eigenvalue weighted by atomic mass is 9.91. The smallest absolute Gasteiger partial charge is 0.311 e. The van der Waals surface area contributed by atoms with E-state index in [0.717, 1.165) is 57.7 Å². The molecule has 2 aromatic carbocycles. The van der Waals surface area contributed by atoms with Gasteiger partial charge in [-0.05, 0) is 55.9 Å². The van der Waals surface area contributed by atoms with Crippen LogP contribution in [0.2, 0.25) is 0 Å². The van der Waals surface area contributed by atoms with E-state index < -0.39 is 6.10 Å². The van der Waals surface area contributed by atoms with Crippen LogP contribution in [0, 0.1) is 11.8 Å². The molecule has 1 saturated carbocycles. The van der Waals surface area contributed by atoms with Crippen molar-refractivity contribution in [1.82, 2.24) is 0 Å². The van der Waals surface area contributed by atoms with Crippen molar-refractivity contribution in [3.63, 3.8) is 0 Å². The minimum absolute atomic E-state index is 0.0246. The van der Waals surface area contributed by atoms with Gasteiger partial charge in [0.1, 0.15) is 6.29 Å². The maximum Gasteiger partial charge on any atom is 0.311 e. The Morgan fingerprint density at radius 1 is 1.02 bits per heavy atom. The third kappa shape index (κ3) is 10.9. The quantitative estimate of drug-likeness (QED) is 0.0803. The van der Waals surface area contributed by atoms with Gasteiger partial charge in [-0.1, -0.05) is 75.8 Å². The van der Waals surface area contributed by atoms with E-state index in [0.29, 0.717) is 35.6 Å². The minimum Gasteiger partial charge on any atom is -0.424 e. The van der Waals surface area contributed by atoms with Gasteiger partial charge in [0.2, 0.25) is 0 Å². The fraction of sp³-hybridized carbons (Fsp3) is 0.545. The van der Waals surface area contributed by atoms with E-state index in [9.17, 15) is 24.6 Å². The van der Waals surface area contributed by atoms with Crippen molar-refractivity contribution in [3.05, 3.63) is 60.2 Å². The molecule has 0 saturated heterocycles. The molecule has 0 heterocycles. The number of rotatable bonds is 18. The van der Waals surface area contributed by atoms with E-state index in [2.05, 4.69) is 12.2 Å². The normalized spacial score (nSPS) is 20.9. The average Bonchev–Trinajstić information content (AvgIpc) is 3.29. The third-order valence-corrected chi connectivity index (χ3v) is 9.35. The number of aldehydes is 1. The first kappa shape index (κ1) is 32.8. The Morgan fingerprint density at radius 2 is 1.76 bits per heavy atom. The predicted octanol–water partition coefficient (Wildman–Crippen LogP) is 6.42. The van der Waals surface area contributed by atoms with Gasteiger partial charge in [-0.3, -0.25) is 9.59 Å². The zero-order valence-corrected chi connectivity index (χ0v) is 24.9. The molecule has 41 heavy (non-hydrogen) atoms. The summed E-state index contributed by atoms with van der Waals surface area (Å²) >= 11 is 1.62. The number of aliphatic hydroxyl groups is 2. The number of benzene rings is 2. The molecule has 224 valence electrons. The summed E-state index contributed by atoms with van der Waals surface area (Å²) in [5.41, 5.74) is 0.962. The molecule has 2 aromatic rings. The van der Waals surface area contributed by atoms with E-state index in [-0.39, 0.29) is 41.5 Å². The highest BCUT2D eigenvalue weighted by molar-refractivity contribution is 8.00. The Kier molecular flexibility index (Phi) is 14.4. The molecule has 1 fully saturated rings. The predicted molar refractivity (Wildman–Crippen MR) is 164 cm³/mol. The van der Waals surface area contributed by atoms with E-state index in [1.807, 2.05) is 6.07 Å². The lowest BCUT2D eigenvalue weighted by Crippen LogP contribution is -2.26. The number of amides is 1. The largest absolute Gasteiger partial charge is 0.424 e. The van der Waals surface area contributed by atoms with Gasteiger partial charge in [0.25, 0.3) is 5.91 Å². The molecule has 1 amide bonds. The van der Waals surface area contributed by atoms with Crippen molar-refractivity contribution in [2.75, 3.05) is 11.1 Å². The van der Waals surface area contributed by atoms with Gasteiger partial charge in [-0.25, -0.2) is 0 Å². The van der Waals surface area contributed by atoms with Crippen molar-refractivity contribution in [2.24, 2.45) is 11.8 Å². The van der Waals surface area contributed by atoms with Crippen LogP contribution in [0.3, 0.4) is 0 Å². The first-order valence-corrected chi connectivity index (χ1v) is 16.1. The molecule has 0 aromatic heterocycles. The highest BCUT2D eigenvalue weighted by Crippen LogP contribution is 2.42. The van der Waals surface area contributed by atoms with E-state index in [1.54, 1.807) is 60.3 Å². The number of hydrogen-bond acceptors (Lipinski definition) is 7. The van der Waals surface area contributed by atoms with Crippen LogP contribution in [0.4, 0.5) is 5.69 Å². The van der Waals surface area contributed by atoms with Gasteiger partial charge >= 0.3 is 5.97 Å². The summed E-state index contributed by atoms with van der Waals surface area (Å²) in [7, 11) is 0. The molecule has 7 nitrogen and oxygen atoms in total. The van der Waals surface area contributed by atoms with Crippen molar-refractivity contribution < 1.29 is 29.3 Å². The summed E-state index contributed by atoms with van der Waals surface area (Å²) in [4.78, 5) is 36.7. The van der Waals surface area contributed by atoms with E-state index >= 15 is 0 Å². The molecule has 1 aliphatic carbocycles. The van der Waals surface area contributed by atoms with Crippen LogP contribution in [0.5, 0.6) is 5.75 Å². The monoisotopic (exact) mass is 583 g/mol. The number of nitrogens with one attached hydrogen (secondary N) is 1. The fourth-order valence-corrected chi connectivity index (χ4v) is 6.97. The fourth-order valence-electron chi connectivity index (χ4n) is 5.44. The molecule has 0 bridgehead atoms. The van der Waals surface area contributed by atoms with E-state index in [1.165, 1.54) is 0 Å². The van der Waals surface area contributed by atoms with E-state index in [4.69, 9.17) is 4.74 Å². The lowest BCUT2D eigenvalue weighted by Gasteiger charge is -2.24. The number of aliphatic hydroxyl groups excluding tert-OH is 2. The van der Waals surface area contributed by atoms with Crippen LogP contribution < -0.4 is 10.1 Å². The summed E-state index contributed by atoms with van der Waals surface area (Å²) in [5.74, 6) is 0.264. The first-order valence-electron chi connectivity index (χ1n) is 15.0. The van der Waals surface area contributed by atoms with Crippen molar-refractivity contribution >= 4 is 35.6 Å². The minimum atomic E-state index is -0.516. The van der Waals surface area contributed by atoms with Crippen LogP contribution in [0.1, 0.15) is 87.9 Å². The number of para-hydroxylation sites is 2. The van der Waals surface area contributed by atoms with Gasteiger partial charge in [0.15, 0.2) is 5.75 Å². The molecule has 0 spiro atoms. The third-order valence-electron chi connectivity index (χ3n) is 7.72. The number of thioether (sulfide) groups is 1. The van der Waals surface area contributed by atoms with Gasteiger partial charge in [-0.2, -0.15) is 11.8 Å².